The molecular formula is C12H13FN2OS. The molecule has 1 atom stereocenters. The van der Waals surface area contributed by atoms with Gasteiger partial charge in [0.2, 0.25) is 0 Å². The average molecular weight is 252 g/mol. The number of rotatable bonds is 4. The minimum atomic E-state index is -0.620. The first kappa shape index (κ1) is 12.1. The largest absolute Gasteiger partial charge is 0.384 e. The van der Waals surface area contributed by atoms with Crippen molar-refractivity contribution in [3.8, 4) is 0 Å². The average Bonchev–Trinajstić information content (AvgIpc) is 2.74. The zero-order valence-electron chi connectivity index (χ0n) is 9.38. The Kier molecular flexibility index (Phi) is 3.81. The Balaban J connectivity index is 1.94. The maximum atomic E-state index is 12.7. The fourth-order valence-corrected chi connectivity index (χ4v) is 2.31. The Morgan fingerprint density at radius 3 is 2.71 bits per heavy atom. The summed E-state index contributed by atoms with van der Waals surface area (Å²) in [6, 6.07) is 6.22. The van der Waals surface area contributed by atoms with Crippen molar-refractivity contribution < 1.29 is 9.50 Å². The first-order chi connectivity index (χ1) is 8.16. The molecule has 0 amide bonds. The molecule has 0 spiro atoms. The zero-order chi connectivity index (χ0) is 12.3. The van der Waals surface area contributed by atoms with Crippen LogP contribution < -0.4 is 0 Å². The molecule has 0 aliphatic heterocycles. The number of hydrogen-bond donors (Lipinski definition) is 1. The third kappa shape index (κ3) is 3.08. The van der Waals surface area contributed by atoms with Crippen LogP contribution in [-0.4, -0.2) is 20.4 Å². The van der Waals surface area contributed by atoms with E-state index in [9.17, 15) is 9.50 Å². The van der Waals surface area contributed by atoms with E-state index in [-0.39, 0.29) is 5.82 Å². The molecule has 1 aromatic carbocycles. The van der Waals surface area contributed by atoms with Crippen LogP contribution in [0.25, 0.3) is 0 Å². The zero-order valence-corrected chi connectivity index (χ0v) is 10.2. The van der Waals surface area contributed by atoms with Crippen LogP contribution in [0.2, 0.25) is 0 Å². The first-order valence-electron chi connectivity index (χ1n) is 5.20. The Hall–Kier alpha value is -1.33. The normalized spacial score (nSPS) is 12.6. The van der Waals surface area contributed by atoms with Gasteiger partial charge in [-0.15, -0.1) is 11.8 Å². The van der Waals surface area contributed by atoms with Crippen LogP contribution in [0.4, 0.5) is 4.39 Å². The number of halogens is 1. The number of aliphatic hydroxyl groups excluding tert-OH is 1. The Labute approximate surface area is 103 Å². The van der Waals surface area contributed by atoms with Crippen molar-refractivity contribution >= 4 is 11.8 Å². The van der Waals surface area contributed by atoms with Gasteiger partial charge in [-0.1, -0.05) is 0 Å². The molecule has 0 bridgehead atoms. The van der Waals surface area contributed by atoms with E-state index >= 15 is 0 Å². The van der Waals surface area contributed by atoms with Crippen LogP contribution in [0.5, 0.6) is 0 Å². The highest BCUT2D eigenvalue weighted by molar-refractivity contribution is 7.99. The summed E-state index contributed by atoms with van der Waals surface area (Å²) in [6.45, 7) is 0. The maximum absolute atomic E-state index is 12.7. The molecule has 0 aliphatic carbocycles. The summed E-state index contributed by atoms with van der Waals surface area (Å²) in [6.07, 6.45) is 2.83. The van der Waals surface area contributed by atoms with Crippen molar-refractivity contribution in [3.63, 3.8) is 0 Å². The van der Waals surface area contributed by atoms with Gasteiger partial charge in [-0.05, 0) is 24.3 Å². The van der Waals surface area contributed by atoms with Crippen molar-refractivity contribution in [1.29, 1.82) is 0 Å². The number of aromatic nitrogens is 2. The third-order valence-electron chi connectivity index (χ3n) is 2.38. The van der Waals surface area contributed by atoms with Gasteiger partial charge < -0.3 is 9.67 Å². The molecule has 0 saturated heterocycles. The minimum absolute atomic E-state index is 0.251. The van der Waals surface area contributed by atoms with E-state index in [1.165, 1.54) is 23.9 Å². The highest BCUT2D eigenvalue weighted by atomic mass is 32.2. The SMILES string of the molecule is Cn1ccnc1C(O)CSc1ccc(F)cc1. The van der Waals surface area contributed by atoms with Crippen LogP contribution in [0.3, 0.4) is 0 Å². The number of hydrogen-bond acceptors (Lipinski definition) is 3. The predicted molar refractivity (Wildman–Crippen MR) is 65.3 cm³/mol. The van der Waals surface area contributed by atoms with Crippen molar-refractivity contribution in [2.24, 2.45) is 7.05 Å². The Bertz CT molecular complexity index is 484. The van der Waals surface area contributed by atoms with Crippen LogP contribution in [-0.2, 0) is 7.05 Å². The molecule has 2 aromatic rings. The molecule has 1 unspecified atom stereocenters. The molecule has 0 saturated carbocycles. The lowest BCUT2D eigenvalue weighted by Crippen LogP contribution is -2.07. The Morgan fingerprint density at radius 2 is 2.12 bits per heavy atom. The maximum Gasteiger partial charge on any atom is 0.138 e. The van der Waals surface area contributed by atoms with Gasteiger partial charge in [-0.3, -0.25) is 0 Å². The second-order valence-electron chi connectivity index (χ2n) is 3.68. The van der Waals surface area contributed by atoms with Gasteiger partial charge in [0.05, 0.1) is 0 Å². The van der Waals surface area contributed by atoms with Gasteiger partial charge in [-0.25, -0.2) is 9.37 Å². The minimum Gasteiger partial charge on any atom is -0.384 e. The highest BCUT2D eigenvalue weighted by Crippen LogP contribution is 2.23. The molecular weight excluding hydrogens is 239 g/mol. The summed E-state index contributed by atoms with van der Waals surface area (Å²) in [4.78, 5) is 5.01. The third-order valence-corrected chi connectivity index (χ3v) is 3.47. The summed E-state index contributed by atoms with van der Waals surface area (Å²) >= 11 is 1.47. The van der Waals surface area contributed by atoms with Gasteiger partial charge in [0.1, 0.15) is 17.7 Å². The second-order valence-corrected chi connectivity index (χ2v) is 4.77. The van der Waals surface area contributed by atoms with E-state index in [2.05, 4.69) is 4.98 Å². The molecule has 3 nitrogen and oxygen atoms in total. The topological polar surface area (TPSA) is 38.0 Å². The lowest BCUT2D eigenvalue weighted by Gasteiger charge is -2.10. The summed E-state index contributed by atoms with van der Waals surface area (Å²) in [5.74, 6) is 0.884. The van der Waals surface area contributed by atoms with Crippen molar-refractivity contribution in [1.82, 2.24) is 9.55 Å². The van der Waals surface area contributed by atoms with Crippen LogP contribution in [0.1, 0.15) is 11.9 Å². The molecule has 0 fully saturated rings. The second kappa shape index (κ2) is 5.33. The lowest BCUT2D eigenvalue weighted by atomic mass is 10.3. The smallest absolute Gasteiger partial charge is 0.138 e. The van der Waals surface area contributed by atoms with Crippen LogP contribution in [0.15, 0.2) is 41.6 Å². The molecule has 0 aliphatic rings. The lowest BCUT2D eigenvalue weighted by molar-refractivity contribution is 0.190. The molecule has 1 heterocycles. The summed E-state index contributed by atoms with van der Waals surface area (Å²) in [5, 5.41) is 9.93. The molecule has 0 radical (unpaired) electrons. The summed E-state index contributed by atoms with van der Waals surface area (Å²) in [5.41, 5.74) is 0. The van der Waals surface area contributed by atoms with E-state index in [0.29, 0.717) is 11.6 Å². The van der Waals surface area contributed by atoms with E-state index in [0.717, 1.165) is 4.90 Å². The van der Waals surface area contributed by atoms with Crippen molar-refractivity contribution in [3.05, 3.63) is 48.3 Å². The first-order valence-corrected chi connectivity index (χ1v) is 6.19. The van der Waals surface area contributed by atoms with E-state index in [1.807, 2.05) is 7.05 Å². The standard InChI is InChI=1S/C12H13FN2OS/c1-15-7-6-14-12(15)11(16)8-17-10-4-2-9(13)3-5-10/h2-7,11,16H,8H2,1H3. The fourth-order valence-electron chi connectivity index (χ4n) is 1.48. The number of imidazole rings is 1. The predicted octanol–water partition coefficient (Wildman–Crippen LogP) is 2.38. The number of benzene rings is 1. The van der Waals surface area contributed by atoms with Gasteiger partial charge in [0.15, 0.2) is 0 Å². The number of aliphatic hydroxyl groups is 1. The van der Waals surface area contributed by atoms with E-state index < -0.39 is 6.10 Å². The van der Waals surface area contributed by atoms with Gasteiger partial charge in [-0.2, -0.15) is 0 Å². The monoisotopic (exact) mass is 252 g/mol. The summed E-state index contributed by atoms with van der Waals surface area (Å²) in [7, 11) is 1.84. The molecule has 1 N–H and O–H groups in total. The van der Waals surface area contributed by atoms with E-state index in [1.54, 1.807) is 29.1 Å². The highest BCUT2D eigenvalue weighted by Gasteiger charge is 2.12. The van der Waals surface area contributed by atoms with Gasteiger partial charge in [0.25, 0.3) is 0 Å². The van der Waals surface area contributed by atoms with Crippen LogP contribution in [0, 0.1) is 5.82 Å². The quantitative estimate of drug-likeness (QED) is 0.849. The van der Waals surface area contributed by atoms with Crippen LogP contribution >= 0.6 is 11.8 Å². The molecule has 1 aromatic heterocycles. The van der Waals surface area contributed by atoms with Gasteiger partial charge >= 0.3 is 0 Å². The van der Waals surface area contributed by atoms with Crippen molar-refractivity contribution in [2.75, 3.05) is 5.75 Å². The number of thioether (sulfide) groups is 1. The Morgan fingerprint density at radius 1 is 1.41 bits per heavy atom. The van der Waals surface area contributed by atoms with Gasteiger partial charge in [0, 0.05) is 30.1 Å². The van der Waals surface area contributed by atoms with Crippen molar-refractivity contribution in [2.45, 2.75) is 11.0 Å². The van der Waals surface area contributed by atoms with E-state index in [4.69, 9.17) is 0 Å². The molecule has 2 rings (SSSR count). The molecule has 5 heteroatoms. The number of nitrogens with zero attached hydrogens (tertiary/aromatic N) is 2. The summed E-state index contributed by atoms with van der Waals surface area (Å²) < 4.78 is 14.5. The number of aryl methyl sites for hydroxylation is 1. The fraction of sp³-hybridized carbons (Fsp3) is 0.250. The molecule has 90 valence electrons. The molecule has 17 heavy (non-hydrogen) atoms.